The molecule has 2 rings (SSSR count). The van der Waals surface area contributed by atoms with Crippen LogP contribution in [-0.4, -0.2) is 16.2 Å². The fourth-order valence-electron chi connectivity index (χ4n) is 2.88. The number of halogens is 2. The van der Waals surface area contributed by atoms with E-state index in [0.717, 1.165) is 31.6 Å². The molecule has 1 atom stereocenters. The van der Waals surface area contributed by atoms with E-state index in [1.807, 2.05) is 24.7 Å². The summed E-state index contributed by atoms with van der Waals surface area (Å²) in [6, 6.07) is 5.64. The molecular formula is C20H28Cl2N2O. The number of benzene rings is 1. The highest BCUT2D eigenvalue weighted by Crippen LogP contribution is 2.31. The van der Waals surface area contributed by atoms with E-state index in [0.29, 0.717) is 10.0 Å². The summed E-state index contributed by atoms with van der Waals surface area (Å²) in [5, 5.41) is 1.32. The van der Waals surface area contributed by atoms with Crippen LogP contribution in [0.4, 0.5) is 0 Å². The number of nitrogens with zero attached hydrogens (tertiary/aromatic N) is 2. The van der Waals surface area contributed by atoms with Crippen LogP contribution in [-0.2, 0) is 11.3 Å². The predicted molar refractivity (Wildman–Crippen MR) is 105 cm³/mol. The Morgan fingerprint density at radius 3 is 2.64 bits per heavy atom. The zero-order chi connectivity index (χ0) is 17.9. The molecule has 1 heterocycles. The van der Waals surface area contributed by atoms with E-state index in [9.17, 15) is 0 Å². The minimum atomic E-state index is -0.0252. The first-order valence-electron chi connectivity index (χ1n) is 9.23. The zero-order valence-corrected chi connectivity index (χ0v) is 16.5. The van der Waals surface area contributed by atoms with E-state index in [1.54, 1.807) is 12.3 Å². The molecule has 0 aliphatic heterocycles. The Bertz CT molecular complexity index is 602. The van der Waals surface area contributed by atoms with Gasteiger partial charge in [-0.1, -0.05) is 68.3 Å². The van der Waals surface area contributed by atoms with Crippen molar-refractivity contribution in [3.63, 3.8) is 0 Å². The van der Waals surface area contributed by atoms with Crippen LogP contribution in [0.25, 0.3) is 0 Å². The van der Waals surface area contributed by atoms with Crippen LogP contribution in [0.2, 0.25) is 10.0 Å². The van der Waals surface area contributed by atoms with Gasteiger partial charge in [-0.2, -0.15) is 0 Å². The van der Waals surface area contributed by atoms with E-state index >= 15 is 0 Å². The van der Waals surface area contributed by atoms with Crippen molar-refractivity contribution in [3.8, 4) is 0 Å². The minimum Gasteiger partial charge on any atom is -0.373 e. The number of unbranched alkanes of at least 4 members (excludes halogenated alkanes) is 5. The lowest BCUT2D eigenvalue weighted by molar-refractivity contribution is 0.0410. The summed E-state index contributed by atoms with van der Waals surface area (Å²) in [6.07, 6.45) is 14.0. The summed E-state index contributed by atoms with van der Waals surface area (Å²) in [5.74, 6) is 0. The third-order valence-corrected chi connectivity index (χ3v) is 4.90. The molecule has 0 amide bonds. The fraction of sp³-hybridized carbons (Fsp3) is 0.550. The Hall–Kier alpha value is -1.03. The lowest BCUT2D eigenvalue weighted by atomic mass is 10.1. The number of hydrogen-bond acceptors (Lipinski definition) is 2. The van der Waals surface area contributed by atoms with Gasteiger partial charge in [-0.25, -0.2) is 4.98 Å². The molecule has 0 saturated carbocycles. The highest BCUT2D eigenvalue weighted by Gasteiger charge is 2.16. The van der Waals surface area contributed by atoms with Crippen molar-refractivity contribution in [3.05, 3.63) is 52.5 Å². The summed E-state index contributed by atoms with van der Waals surface area (Å²) < 4.78 is 8.25. The number of imidazole rings is 1. The van der Waals surface area contributed by atoms with Crippen LogP contribution in [0.5, 0.6) is 0 Å². The number of aromatic nitrogens is 2. The second kappa shape index (κ2) is 11.6. The first kappa shape index (κ1) is 20.3. The Morgan fingerprint density at radius 1 is 1.12 bits per heavy atom. The average molecular weight is 383 g/mol. The van der Waals surface area contributed by atoms with E-state index < -0.39 is 0 Å². The number of rotatable bonds is 12. The molecule has 0 bridgehead atoms. The number of aryl methyl sites for hydroxylation is 1. The lowest BCUT2D eigenvalue weighted by Gasteiger charge is -2.20. The molecule has 0 radical (unpaired) electrons. The SMILES string of the molecule is CCCCCCCCOC(CCn1ccnc1)c1ccc(Cl)cc1Cl. The van der Waals surface area contributed by atoms with Gasteiger partial charge in [-0.15, -0.1) is 0 Å². The number of hydrogen-bond donors (Lipinski definition) is 0. The molecule has 138 valence electrons. The Morgan fingerprint density at radius 2 is 1.92 bits per heavy atom. The van der Waals surface area contributed by atoms with Crippen molar-refractivity contribution < 1.29 is 4.74 Å². The van der Waals surface area contributed by atoms with Crippen molar-refractivity contribution in [1.29, 1.82) is 0 Å². The van der Waals surface area contributed by atoms with Crippen molar-refractivity contribution in [2.24, 2.45) is 0 Å². The summed E-state index contributed by atoms with van der Waals surface area (Å²) >= 11 is 12.4. The maximum atomic E-state index is 6.40. The zero-order valence-electron chi connectivity index (χ0n) is 15.0. The van der Waals surface area contributed by atoms with E-state index in [1.165, 1.54) is 32.1 Å². The van der Waals surface area contributed by atoms with Gasteiger partial charge < -0.3 is 9.30 Å². The van der Waals surface area contributed by atoms with Crippen LogP contribution in [0.15, 0.2) is 36.9 Å². The predicted octanol–water partition coefficient (Wildman–Crippen LogP) is 6.70. The third-order valence-electron chi connectivity index (χ3n) is 4.33. The van der Waals surface area contributed by atoms with Crippen molar-refractivity contribution >= 4 is 23.2 Å². The van der Waals surface area contributed by atoms with Gasteiger partial charge in [0.05, 0.1) is 12.4 Å². The molecule has 3 nitrogen and oxygen atoms in total. The summed E-state index contributed by atoms with van der Waals surface area (Å²) in [5.41, 5.74) is 1.01. The van der Waals surface area contributed by atoms with E-state index in [4.69, 9.17) is 27.9 Å². The van der Waals surface area contributed by atoms with Crippen LogP contribution < -0.4 is 0 Å². The number of ether oxygens (including phenoxy) is 1. The van der Waals surface area contributed by atoms with Gasteiger partial charge in [0.2, 0.25) is 0 Å². The minimum absolute atomic E-state index is 0.0252. The van der Waals surface area contributed by atoms with Crippen molar-refractivity contribution in [1.82, 2.24) is 9.55 Å². The Labute approximate surface area is 161 Å². The van der Waals surface area contributed by atoms with Gasteiger partial charge in [-0.3, -0.25) is 0 Å². The van der Waals surface area contributed by atoms with Gasteiger partial charge in [0.15, 0.2) is 0 Å². The van der Waals surface area contributed by atoms with Gasteiger partial charge in [0.25, 0.3) is 0 Å². The topological polar surface area (TPSA) is 27.1 Å². The summed E-state index contributed by atoms with van der Waals surface area (Å²) in [6.45, 7) is 3.85. The molecule has 0 saturated heterocycles. The molecule has 1 aromatic heterocycles. The normalized spacial score (nSPS) is 12.4. The van der Waals surface area contributed by atoms with Crippen LogP contribution >= 0.6 is 23.2 Å². The molecule has 1 unspecified atom stereocenters. The third kappa shape index (κ3) is 7.39. The molecule has 0 spiro atoms. The van der Waals surface area contributed by atoms with E-state index in [-0.39, 0.29) is 6.10 Å². The smallest absolute Gasteiger partial charge is 0.0945 e. The molecule has 0 aliphatic rings. The van der Waals surface area contributed by atoms with Gasteiger partial charge in [0, 0.05) is 35.6 Å². The molecule has 0 aliphatic carbocycles. The standard InChI is InChI=1S/C20H28Cl2N2O/c1-2-3-4-5-6-7-14-25-20(10-12-24-13-11-23-16-24)18-9-8-17(21)15-19(18)22/h8-9,11,13,15-16,20H,2-7,10,12,14H2,1H3. The van der Waals surface area contributed by atoms with E-state index in [2.05, 4.69) is 16.5 Å². The molecule has 1 aromatic carbocycles. The summed E-state index contributed by atoms with van der Waals surface area (Å²) in [7, 11) is 0. The first-order chi connectivity index (χ1) is 12.2. The molecule has 0 fully saturated rings. The average Bonchev–Trinajstić information content (AvgIpc) is 3.11. The lowest BCUT2D eigenvalue weighted by Crippen LogP contribution is -2.10. The molecule has 5 heteroatoms. The van der Waals surface area contributed by atoms with Crippen LogP contribution in [0.1, 0.15) is 63.5 Å². The Balaban J connectivity index is 1.87. The largest absolute Gasteiger partial charge is 0.373 e. The van der Waals surface area contributed by atoms with Gasteiger partial charge in [0.1, 0.15) is 0 Å². The quantitative estimate of drug-likeness (QED) is 0.381. The fourth-order valence-corrected chi connectivity index (χ4v) is 3.41. The maximum absolute atomic E-state index is 6.40. The van der Waals surface area contributed by atoms with Gasteiger partial charge >= 0.3 is 0 Å². The first-order valence-corrected chi connectivity index (χ1v) is 9.98. The molecule has 25 heavy (non-hydrogen) atoms. The monoisotopic (exact) mass is 382 g/mol. The highest BCUT2D eigenvalue weighted by atomic mass is 35.5. The van der Waals surface area contributed by atoms with Crippen LogP contribution in [0.3, 0.4) is 0 Å². The highest BCUT2D eigenvalue weighted by molar-refractivity contribution is 6.35. The second-order valence-electron chi connectivity index (χ2n) is 6.38. The van der Waals surface area contributed by atoms with Crippen molar-refractivity contribution in [2.75, 3.05) is 6.61 Å². The second-order valence-corrected chi connectivity index (χ2v) is 7.23. The Kier molecular flexibility index (Phi) is 9.38. The maximum Gasteiger partial charge on any atom is 0.0945 e. The molecule has 0 N–H and O–H groups in total. The summed E-state index contributed by atoms with van der Waals surface area (Å²) in [4.78, 5) is 4.09. The van der Waals surface area contributed by atoms with Crippen molar-refractivity contribution in [2.45, 2.75) is 64.5 Å². The van der Waals surface area contributed by atoms with Gasteiger partial charge in [-0.05, 0) is 30.5 Å². The molecular weight excluding hydrogens is 355 g/mol. The van der Waals surface area contributed by atoms with Crippen LogP contribution in [0, 0.1) is 0 Å². The molecule has 2 aromatic rings.